The molecule has 2 N–H and O–H groups in total. The van der Waals surface area contributed by atoms with Gasteiger partial charge in [-0.05, 0) is 86.8 Å². The van der Waals surface area contributed by atoms with Gasteiger partial charge in [0.15, 0.2) is 0 Å². The van der Waals surface area contributed by atoms with Gasteiger partial charge in [-0.25, -0.2) is 4.68 Å². The van der Waals surface area contributed by atoms with Crippen molar-refractivity contribution in [2.45, 2.75) is 97.9 Å². The fraction of sp³-hybridized carbons (Fsp3) is 0.588. The normalized spacial score (nSPS) is 17.7. The van der Waals surface area contributed by atoms with Crippen molar-refractivity contribution in [3.63, 3.8) is 0 Å². The Morgan fingerprint density at radius 3 is 2.44 bits per heavy atom. The maximum Gasteiger partial charge on any atom is 0.270 e. The molecule has 0 bridgehead atoms. The number of nitrogens with one attached hydrogen (secondary N) is 2. The zero-order chi connectivity index (χ0) is 32.6. The average Bonchev–Trinajstić information content (AvgIpc) is 3.58. The topological polar surface area (TPSA) is 103 Å². The number of hydrogen-bond donors (Lipinski definition) is 2. The number of amides is 2. The van der Waals surface area contributed by atoms with Gasteiger partial charge in [-0.15, -0.1) is 0 Å². The Kier molecular flexibility index (Phi) is 12.5. The van der Waals surface area contributed by atoms with E-state index in [1.54, 1.807) is 28.7 Å². The lowest BCUT2D eigenvalue weighted by Gasteiger charge is -2.32. The molecule has 0 radical (unpaired) electrons. The summed E-state index contributed by atoms with van der Waals surface area (Å²) in [5.74, 6) is 1.29. The predicted molar refractivity (Wildman–Crippen MR) is 187 cm³/mol. The fourth-order valence-electron chi connectivity index (χ4n) is 6.00. The van der Waals surface area contributed by atoms with E-state index in [1.165, 1.54) is 0 Å². The highest BCUT2D eigenvalue weighted by molar-refractivity contribution is 7.98. The minimum atomic E-state index is -1.14. The Bertz CT molecular complexity index is 1410. The van der Waals surface area contributed by atoms with Crippen molar-refractivity contribution < 1.29 is 14.3 Å². The van der Waals surface area contributed by atoms with Crippen LogP contribution in [-0.4, -0.2) is 64.1 Å². The van der Waals surface area contributed by atoms with Gasteiger partial charge in [-0.1, -0.05) is 51.5 Å². The Morgan fingerprint density at radius 2 is 1.78 bits per heavy atom. The lowest BCUT2D eigenvalue weighted by molar-refractivity contribution is -0.119. The number of carbonyl (C=O) groups is 2. The molecule has 11 heteroatoms. The second kappa shape index (κ2) is 16.1. The summed E-state index contributed by atoms with van der Waals surface area (Å²) in [5, 5.41) is 15.3. The van der Waals surface area contributed by atoms with Crippen LogP contribution in [0, 0.1) is 25.7 Å². The van der Waals surface area contributed by atoms with Gasteiger partial charge in [-0.2, -0.15) is 22.0 Å². The molecule has 2 aromatic heterocycles. The summed E-state index contributed by atoms with van der Waals surface area (Å²) < 4.78 is 9.63. The van der Waals surface area contributed by atoms with Gasteiger partial charge in [0, 0.05) is 44.4 Å². The monoisotopic (exact) mass is 652 g/mol. The lowest BCUT2D eigenvalue weighted by Crippen LogP contribution is -2.49. The van der Waals surface area contributed by atoms with Gasteiger partial charge in [0.05, 0.1) is 5.69 Å². The summed E-state index contributed by atoms with van der Waals surface area (Å²) >= 11 is 1.78. The predicted octanol–water partition coefficient (Wildman–Crippen LogP) is 6.99. The average molecular weight is 653 g/mol. The molecule has 4 rings (SSSR count). The summed E-state index contributed by atoms with van der Waals surface area (Å²) in [5.41, 5.74) is 5.32. The number of ether oxygens (including phenoxy) is 1. The van der Waals surface area contributed by atoms with Crippen molar-refractivity contribution in [2.24, 2.45) is 11.8 Å². The van der Waals surface area contributed by atoms with E-state index in [1.807, 2.05) is 35.9 Å². The van der Waals surface area contributed by atoms with Crippen LogP contribution in [0.1, 0.15) is 60.9 Å². The van der Waals surface area contributed by atoms with Crippen LogP contribution in [0.4, 0.5) is 5.69 Å². The van der Waals surface area contributed by atoms with E-state index in [-0.39, 0.29) is 17.7 Å². The van der Waals surface area contributed by atoms with Gasteiger partial charge in [0.2, 0.25) is 5.91 Å². The molecule has 9 nitrogen and oxygen atoms in total. The first kappa shape index (κ1) is 35.0. The zero-order valence-electron chi connectivity index (χ0n) is 28.2. The first-order valence-electron chi connectivity index (χ1n) is 16.3. The second-order valence-corrected chi connectivity index (χ2v) is 20.3. The van der Waals surface area contributed by atoms with Gasteiger partial charge >= 0.3 is 0 Å². The minimum Gasteiger partial charge on any atom is -0.360 e. The van der Waals surface area contributed by atoms with Crippen molar-refractivity contribution in [1.29, 1.82) is 0 Å². The van der Waals surface area contributed by atoms with Crippen molar-refractivity contribution in [2.75, 3.05) is 23.9 Å². The highest BCUT2D eigenvalue weighted by Gasteiger charge is 2.33. The van der Waals surface area contributed by atoms with E-state index >= 15 is 0 Å². The maximum atomic E-state index is 13.8. The third kappa shape index (κ3) is 9.80. The molecule has 2 amide bonds. The summed E-state index contributed by atoms with van der Waals surface area (Å²) in [4.78, 5) is 27.2. The van der Waals surface area contributed by atoms with E-state index in [0.717, 1.165) is 73.0 Å². The number of carbonyl (C=O) groups excluding carboxylic acids is 2. The first-order valence-corrected chi connectivity index (χ1v) is 21.4. The van der Waals surface area contributed by atoms with Crippen LogP contribution in [0.5, 0.6) is 0 Å². The Balaban J connectivity index is 1.44. The van der Waals surface area contributed by atoms with Crippen LogP contribution < -0.4 is 10.6 Å². The smallest absolute Gasteiger partial charge is 0.270 e. The molecule has 246 valence electrons. The maximum absolute atomic E-state index is 13.8. The molecule has 0 spiro atoms. The molecule has 0 aliphatic heterocycles. The number of aromatic nitrogens is 4. The largest absolute Gasteiger partial charge is 0.360 e. The van der Waals surface area contributed by atoms with E-state index < -0.39 is 14.1 Å². The number of rotatable bonds is 15. The highest BCUT2D eigenvalue weighted by Crippen LogP contribution is 2.32. The summed E-state index contributed by atoms with van der Waals surface area (Å²) in [6.07, 6.45) is 8.59. The highest BCUT2D eigenvalue weighted by atomic mass is 32.2. The van der Waals surface area contributed by atoms with Crippen LogP contribution in [0.2, 0.25) is 25.7 Å². The minimum absolute atomic E-state index is 0.0846. The molecule has 3 aromatic rings. The lowest BCUT2D eigenvalue weighted by atomic mass is 9.79. The number of benzene rings is 1. The van der Waals surface area contributed by atoms with Crippen LogP contribution in [0.25, 0.3) is 11.1 Å². The van der Waals surface area contributed by atoms with Crippen LogP contribution >= 0.6 is 11.8 Å². The Morgan fingerprint density at radius 1 is 1.07 bits per heavy atom. The van der Waals surface area contributed by atoms with Crippen molar-refractivity contribution in [3.8, 4) is 11.1 Å². The SMILES string of the molecule is CSCCCn1nccc1C(=O)N[C@H](C(=O)Nc1ccc(-c2c(C)nn(COCC[Si](C)(C)C)c2C)cc1)[C@H]1CC[C@H](C)CC1. The third-order valence-corrected chi connectivity index (χ3v) is 11.2. The van der Waals surface area contributed by atoms with Gasteiger partial charge in [0.1, 0.15) is 18.5 Å². The standard InChI is InChI=1S/C34H52N6O3SSi/c1-24-9-11-28(12-10-24)32(37-33(41)30-17-18-35-39(30)19-8-21-44-4)34(42)36-29-15-13-27(14-16-29)31-25(2)38-40(26(31)3)23-43-20-22-45(5,6)7/h13-18,24,28,32H,8-12,19-23H2,1-7H3,(H,36,42)(H,37,41)/t24-,28-,32-/m0/s1. The van der Waals surface area contributed by atoms with Gasteiger partial charge in [0.25, 0.3) is 5.91 Å². The molecule has 1 fully saturated rings. The Hall–Kier alpha value is -2.89. The molecule has 0 unspecified atom stereocenters. The molecular formula is C34H52N6O3SSi. The van der Waals surface area contributed by atoms with Crippen LogP contribution in [0.15, 0.2) is 36.5 Å². The van der Waals surface area contributed by atoms with E-state index in [4.69, 9.17) is 9.84 Å². The van der Waals surface area contributed by atoms with Crippen LogP contribution in [0.3, 0.4) is 0 Å². The number of aryl methyl sites for hydroxylation is 2. The first-order chi connectivity index (χ1) is 21.5. The molecule has 45 heavy (non-hydrogen) atoms. The summed E-state index contributed by atoms with van der Waals surface area (Å²) in [6.45, 7) is 15.3. The third-order valence-electron chi connectivity index (χ3n) is 8.80. The van der Waals surface area contributed by atoms with Crippen molar-refractivity contribution >= 4 is 37.3 Å². The molecule has 1 aliphatic carbocycles. The Labute approximate surface area is 274 Å². The molecule has 0 saturated heterocycles. The van der Waals surface area contributed by atoms with Gasteiger partial charge in [-0.3, -0.25) is 14.3 Å². The van der Waals surface area contributed by atoms with Crippen molar-refractivity contribution in [1.82, 2.24) is 24.9 Å². The molecule has 2 heterocycles. The number of hydrogen-bond acceptors (Lipinski definition) is 6. The van der Waals surface area contributed by atoms with E-state index in [9.17, 15) is 9.59 Å². The van der Waals surface area contributed by atoms with E-state index in [2.05, 4.69) is 55.5 Å². The van der Waals surface area contributed by atoms with Crippen molar-refractivity contribution in [3.05, 3.63) is 53.6 Å². The summed E-state index contributed by atoms with van der Waals surface area (Å²) in [7, 11) is -1.14. The molecule has 1 aromatic carbocycles. The molecule has 1 saturated carbocycles. The number of thioether (sulfide) groups is 1. The number of nitrogens with zero attached hydrogens (tertiary/aromatic N) is 4. The van der Waals surface area contributed by atoms with Gasteiger partial charge < -0.3 is 15.4 Å². The molecular weight excluding hydrogens is 601 g/mol. The number of anilines is 1. The fourth-order valence-corrected chi connectivity index (χ4v) is 7.18. The zero-order valence-corrected chi connectivity index (χ0v) is 30.0. The quantitative estimate of drug-likeness (QED) is 0.136. The summed E-state index contributed by atoms with van der Waals surface area (Å²) in [6, 6.07) is 10.1. The molecule has 1 atom stereocenters. The molecule has 1 aliphatic rings. The second-order valence-electron chi connectivity index (χ2n) is 13.7. The van der Waals surface area contributed by atoms with Crippen LogP contribution in [-0.2, 0) is 22.8 Å². The van der Waals surface area contributed by atoms with E-state index in [0.29, 0.717) is 30.6 Å².